The van der Waals surface area contributed by atoms with Gasteiger partial charge in [0.05, 0.1) is 13.2 Å². The third-order valence-electron chi connectivity index (χ3n) is 4.10. The van der Waals surface area contributed by atoms with E-state index in [9.17, 15) is 0 Å². The third-order valence-corrected chi connectivity index (χ3v) is 4.10. The maximum Gasteiger partial charge on any atom is 0.137 e. The predicted octanol–water partition coefficient (Wildman–Crippen LogP) is 3.20. The van der Waals surface area contributed by atoms with Gasteiger partial charge >= 0.3 is 0 Å². The number of hydrogen-bond acceptors (Lipinski definition) is 7. The van der Waals surface area contributed by atoms with Crippen molar-refractivity contribution in [1.82, 2.24) is 15.0 Å². The summed E-state index contributed by atoms with van der Waals surface area (Å²) < 4.78 is 5.40. The Hall–Kier alpha value is -3.19. The summed E-state index contributed by atoms with van der Waals surface area (Å²) in [5, 5.41) is 6.47. The Bertz CT molecular complexity index is 834. The van der Waals surface area contributed by atoms with Crippen LogP contribution in [0.15, 0.2) is 61.1 Å². The first-order valence-electron chi connectivity index (χ1n) is 8.57. The maximum atomic E-state index is 5.40. The summed E-state index contributed by atoms with van der Waals surface area (Å²) in [6.07, 6.45) is 3.26. The largest absolute Gasteiger partial charge is 0.378 e. The zero-order valence-electron chi connectivity index (χ0n) is 14.3. The fourth-order valence-corrected chi connectivity index (χ4v) is 2.79. The number of hydrogen-bond donors (Lipinski definition) is 2. The summed E-state index contributed by atoms with van der Waals surface area (Å²) in [7, 11) is 0. The molecule has 0 bridgehead atoms. The predicted molar refractivity (Wildman–Crippen MR) is 102 cm³/mol. The summed E-state index contributed by atoms with van der Waals surface area (Å²) in [5.74, 6) is 2.15. The van der Waals surface area contributed by atoms with Gasteiger partial charge in [0.15, 0.2) is 0 Å². The van der Waals surface area contributed by atoms with Crippen LogP contribution in [0.1, 0.15) is 0 Å². The van der Waals surface area contributed by atoms with E-state index in [1.54, 1.807) is 6.20 Å². The Morgan fingerprint density at radius 2 is 1.58 bits per heavy atom. The Kier molecular flexibility index (Phi) is 4.88. The van der Waals surface area contributed by atoms with Gasteiger partial charge in [-0.15, -0.1) is 0 Å². The minimum atomic E-state index is 0.686. The lowest BCUT2D eigenvalue weighted by atomic mass is 10.2. The second-order valence-electron chi connectivity index (χ2n) is 5.90. The molecule has 0 unspecified atom stereocenters. The van der Waals surface area contributed by atoms with Gasteiger partial charge in [0.2, 0.25) is 0 Å². The Balaban J connectivity index is 1.43. The first kappa shape index (κ1) is 16.3. The molecule has 0 saturated carbocycles. The maximum absolute atomic E-state index is 5.40. The van der Waals surface area contributed by atoms with Gasteiger partial charge in [-0.3, -0.25) is 0 Å². The van der Waals surface area contributed by atoms with Crippen molar-refractivity contribution >= 4 is 28.8 Å². The zero-order valence-corrected chi connectivity index (χ0v) is 14.3. The number of anilines is 5. The number of nitrogens with zero attached hydrogens (tertiary/aromatic N) is 4. The van der Waals surface area contributed by atoms with E-state index in [2.05, 4.69) is 54.8 Å². The fourth-order valence-electron chi connectivity index (χ4n) is 2.79. The number of rotatable bonds is 5. The van der Waals surface area contributed by atoms with Gasteiger partial charge in [0, 0.05) is 36.7 Å². The second kappa shape index (κ2) is 7.79. The quantitative estimate of drug-likeness (QED) is 0.733. The van der Waals surface area contributed by atoms with Crippen LogP contribution in [-0.4, -0.2) is 41.3 Å². The molecule has 0 radical (unpaired) electrons. The molecule has 3 heterocycles. The second-order valence-corrected chi connectivity index (χ2v) is 5.90. The molecule has 0 amide bonds. The summed E-state index contributed by atoms with van der Waals surface area (Å²) >= 11 is 0. The van der Waals surface area contributed by atoms with E-state index < -0.39 is 0 Å². The van der Waals surface area contributed by atoms with Crippen molar-refractivity contribution in [3.8, 4) is 0 Å². The molecular weight excluding hydrogens is 328 g/mol. The number of aromatic nitrogens is 3. The molecule has 7 heteroatoms. The highest BCUT2D eigenvalue weighted by atomic mass is 16.5. The molecule has 1 aliphatic heterocycles. The smallest absolute Gasteiger partial charge is 0.137 e. The number of pyridine rings is 1. The molecule has 3 aromatic rings. The molecule has 7 nitrogen and oxygen atoms in total. The zero-order chi connectivity index (χ0) is 17.6. The average molecular weight is 348 g/mol. The van der Waals surface area contributed by atoms with Crippen molar-refractivity contribution in [3.05, 3.63) is 61.1 Å². The summed E-state index contributed by atoms with van der Waals surface area (Å²) in [6, 6.07) is 15.9. The summed E-state index contributed by atoms with van der Waals surface area (Å²) in [6.45, 7) is 3.43. The molecule has 0 aliphatic carbocycles. The Morgan fingerprint density at radius 3 is 2.31 bits per heavy atom. The van der Waals surface area contributed by atoms with Crippen molar-refractivity contribution in [2.24, 2.45) is 0 Å². The van der Waals surface area contributed by atoms with Crippen LogP contribution in [0.2, 0.25) is 0 Å². The van der Waals surface area contributed by atoms with Gasteiger partial charge in [0.25, 0.3) is 0 Å². The molecule has 1 saturated heterocycles. The van der Waals surface area contributed by atoms with Crippen LogP contribution in [0.25, 0.3) is 0 Å². The van der Waals surface area contributed by atoms with Crippen LogP contribution in [0.3, 0.4) is 0 Å². The first-order chi connectivity index (χ1) is 12.9. The molecule has 2 aromatic heterocycles. The molecular formula is C19H20N6O. The minimum absolute atomic E-state index is 0.686. The van der Waals surface area contributed by atoms with Gasteiger partial charge in [-0.2, -0.15) is 0 Å². The van der Waals surface area contributed by atoms with E-state index in [0.717, 1.165) is 43.6 Å². The van der Waals surface area contributed by atoms with Crippen molar-refractivity contribution in [3.63, 3.8) is 0 Å². The van der Waals surface area contributed by atoms with Crippen molar-refractivity contribution < 1.29 is 4.74 Å². The Labute approximate surface area is 152 Å². The van der Waals surface area contributed by atoms with Crippen LogP contribution >= 0.6 is 0 Å². The fraction of sp³-hybridized carbons (Fsp3) is 0.211. The number of morpholine rings is 1. The topological polar surface area (TPSA) is 75.2 Å². The first-order valence-corrected chi connectivity index (χ1v) is 8.57. The highest BCUT2D eigenvalue weighted by molar-refractivity contribution is 5.63. The van der Waals surface area contributed by atoms with Crippen LogP contribution in [-0.2, 0) is 4.74 Å². The highest BCUT2D eigenvalue weighted by Gasteiger charge is 2.10. The standard InChI is InChI=1S/C19H20N6O/c1-2-8-20-17(3-1)24-19-13-18(21-14-22-19)23-15-4-6-16(7-5-15)25-9-11-26-12-10-25/h1-8,13-14H,9-12H2,(H2,20,21,22,23,24). The van der Waals surface area contributed by atoms with Gasteiger partial charge in [-0.25, -0.2) is 15.0 Å². The van der Waals surface area contributed by atoms with Crippen molar-refractivity contribution in [2.45, 2.75) is 0 Å². The lowest BCUT2D eigenvalue weighted by molar-refractivity contribution is 0.122. The lowest BCUT2D eigenvalue weighted by Gasteiger charge is -2.28. The minimum Gasteiger partial charge on any atom is -0.378 e. The molecule has 1 aromatic carbocycles. The average Bonchev–Trinajstić information content (AvgIpc) is 2.70. The van der Waals surface area contributed by atoms with E-state index in [4.69, 9.17) is 4.74 Å². The van der Waals surface area contributed by atoms with Crippen molar-refractivity contribution in [2.75, 3.05) is 41.8 Å². The van der Waals surface area contributed by atoms with Gasteiger partial charge in [-0.1, -0.05) is 6.07 Å². The van der Waals surface area contributed by atoms with Gasteiger partial charge in [0.1, 0.15) is 23.8 Å². The molecule has 0 spiro atoms. The summed E-state index contributed by atoms with van der Waals surface area (Å²) in [5.41, 5.74) is 2.18. The molecule has 1 fully saturated rings. The number of ether oxygens (including phenoxy) is 1. The van der Waals surface area contributed by atoms with E-state index in [-0.39, 0.29) is 0 Å². The number of benzene rings is 1. The normalized spacial score (nSPS) is 14.1. The monoisotopic (exact) mass is 348 g/mol. The molecule has 1 aliphatic rings. The molecule has 2 N–H and O–H groups in total. The highest BCUT2D eigenvalue weighted by Crippen LogP contribution is 2.22. The van der Waals surface area contributed by atoms with Crippen molar-refractivity contribution in [1.29, 1.82) is 0 Å². The van der Waals surface area contributed by atoms with Crippen LogP contribution < -0.4 is 15.5 Å². The van der Waals surface area contributed by atoms with E-state index >= 15 is 0 Å². The van der Waals surface area contributed by atoms with Crippen LogP contribution in [0.5, 0.6) is 0 Å². The summed E-state index contributed by atoms with van der Waals surface area (Å²) in [4.78, 5) is 15.1. The number of nitrogens with one attached hydrogen (secondary N) is 2. The molecule has 0 atom stereocenters. The SMILES string of the molecule is c1ccc(Nc2cc(Nc3ccc(N4CCOCC4)cc3)ncn2)nc1. The molecule has 132 valence electrons. The molecule has 4 rings (SSSR count). The van der Waals surface area contributed by atoms with Gasteiger partial charge < -0.3 is 20.3 Å². The van der Waals surface area contributed by atoms with Gasteiger partial charge in [-0.05, 0) is 36.4 Å². The third kappa shape index (κ3) is 4.07. The van der Waals surface area contributed by atoms with Crippen LogP contribution in [0.4, 0.5) is 28.8 Å². The van der Waals surface area contributed by atoms with E-state index in [1.165, 1.54) is 12.0 Å². The Morgan fingerprint density at radius 1 is 0.808 bits per heavy atom. The van der Waals surface area contributed by atoms with E-state index in [0.29, 0.717) is 5.82 Å². The van der Waals surface area contributed by atoms with Crippen LogP contribution in [0, 0.1) is 0 Å². The van der Waals surface area contributed by atoms with E-state index in [1.807, 2.05) is 24.3 Å². The lowest BCUT2D eigenvalue weighted by Crippen LogP contribution is -2.36. The molecule has 26 heavy (non-hydrogen) atoms.